The molecule has 0 saturated heterocycles. The molecule has 0 spiro atoms. The van der Waals surface area contributed by atoms with E-state index in [4.69, 9.17) is 4.74 Å². The van der Waals surface area contributed by atoms with Crippen LogP contribution in [0, 0.1) is 24.7 Å². The van der Waals surface area contributed by atoms with Crippen molar-refractivity contribution in [2.75, 3.05) is 7.11 Å². The van der Waals surface area contributed by atoms with Crippen LogP contribution in [0.4, 0.5) is 0 Å². The van der Waals surface area contributed by atoms with Crippen molar-refractivity contribution in [3.8, 4) is 5.75 Å². The first-order valence-corrected chi connectivity index (χ1v) is 4.10. The number of hydrogen-bond donors (Lipinski definition) is 0. The fraction of sp³-hybridized carbons (Fsp3) is 0.143. The van der Waals surface area contributed by atoms with Crippen molar-refractivity contribution in [3.63, 3.8) is 0 Å². The molecule has 0 radical (unpaired) electrons. The molecule has 2 heteroatoms. The molecule has 48 valence electrons. The Morgan fingerprint density at radius 3 is 2.44 bits per heavy atom. The van der Waals surface area contributed by atoms with Crippen LogP contribution in [-0.4, -0.2) is 7.11 Å². The van der Waals surface area contributed by atoms with E-state index in [1.807, 2.05) is 18.2 Å². The van der Waals surface area contributed by atoms with Crippen LogP contribution in [-0.2, 0) is 0 Å². The Morgan fingerprint density at radius 2 is 2.00 bits per heavy atom. The average molecular weight is 318 g/mol. The van der Waals surface area contributed by atoms with Crippen LogP contribution in [0.15, 0.2) is 24.3 Å². The minimum atomic E-state index is 0.981. The van der Waals surface area contributed by atoms with E-state index >= 15 is 0 Å². The van der Waals surface area contributed by atoms with Gasteiger partial charge in [-0.05, 0) is 0 Å². The summed E-state index contributed by atoms with van der Waals surface area (Å²) in [6, 6.07) is 8.00. The van der Waals surface area contributed by atoms with Crippen molar-refractivity contribution in [1.82, 2.24) is 0 Å². The standard InChI is InChI=1S/C7H7AtO/c1-9-7-5-3-2-4-6(7)8/h2-5H,1H3/i8+1. The molecule has 0 atom stereocenters. The van der Waals surface area contributed by atoms with Gasteiger partial charge in [0, 0.05) is 0 Å². The molecule has 1 nitrogen and oxygen atoms in total. The number of para-hydroxylation sites is 1. The average Bonchev–Trinajstić information content (AvgIpc) is 1.89. The second kappa shape index (κ2) is 3.17. The molecule has 0 unspecified atom stereocenters. The zero-order chi connectivity index (χ0) is 6.69. The fourth-order valence-corrected chi connectivity index (χ4v) is 1.44. The van der Waals surface area contributed by atoms with Gasteiger partial charge in [0.25, 0.3) is 0 Å². The van der Waals surface area contributed by atoms with Gasteiger partial charge in [0.05, 0.1) is 0 Å². The van der Waals surface area contributed by atoms with Gasteiger partial charge >= 0.3 is 69.9 Å². The second-order valence-electron chi connectivity index (χ2n) is 1.63. The summed E-state index contributed by atoms with van der Waals surface area (Å²) in [7, 11) is 1.69. The Balaban J connectivity index is 3.01. The van der Waals surface area contributed by atoms with E-state index in [9.17, 15) is 0 Å². The number of ether oxygens (including phenoxy) is 1. The summed E-state index contributed by atoms with van der Waals surface area (Å²) in [5, 5.41) is 0. The summed E-state index contributed by atoms with van der Waals surface area (Å²) < 4.78 is 6.29. The first-order chi connectivity index (χ1) is 4.34. The molecule has 1 aromatic carbocycles. The molecule has 0 fully saturated rings. The van der Waals surface area contributed by atoms with Gasteiger partial charge in [0.1, 0.15) is 0 Å². The third-order valence-electron chi connectivity index (χ3n) is 1.06. The SMILES string of the molecule is COc1ccccc1[211At]. The van der Waals surface area contributed by atoms with E-state index in [0.717, 1.165) is 5.75 Å². The zero-order valence-corrected chi connectivity index (χ0v) is 8.03. The Kier molecular flexibility index (Phi) is 2.47. The minimum absolute atomic E-state index is 0.981. The molecular weight excluding hydrogens is 311 g/mol. The quantitative estimate of drug-likeness (QED) is 0.747. The van der Waals surface area contributed by atoms with Gasteiger partial charge in [-0.25, -0.2) is 0 Å². The van der Waals surface area contributed by atoms with E-state index in [1.165, 1.54) is 3.27 Å². The van der Waals surface area contributed by atoms with E-state index in [2.05, 4.69) is 6.07 Å². The maximum atomic E-state index is 5.06. The Labute approximate surface area is 69.9 Å². The molecular formula is C7H7AtO. The summed E-state index contributed by atoms with van der Waals surface area (Å²) in [6.07, 6.45) is 0. The van der Waals surface area contributed by atoms with Gasteiger partial charge in [-0.1, -0.05) is 0 Å². The zero-order valence-electron chi connectivity index (χ0n) is 5.10. The molecule has 0 aliphatic heterocycles. The monoisotopic (exact) mass is 318 g/mol. The van der Waals surface area contributed by atoms with Gasteiger partial charge in [-0.2, -0.15) is 0 Å². The molecule has 1 rings (SSSR count). The van der Waals surface area contributed by atoms with Crippen LogP contribution < -0.4 is 8.01 Å². The van der Waals surface area contributed by atoms with E-state index in [1.54, 1.807) is 31.8 Å². The van der Waals surface area contributed by atoms with Crippen LogP contribution in [0.3, 0.4) is 0 Å². The fourth-order valence-electron chi connectivity index (χ4n) is 0.610. The van der Waals surface area contributed by atoms with Crippen molar-refractivity contribution < 1.29 is 29.5 Å². The van der Waals surface area contributed by atoms with Crippen molar-refractivity contribution in [3.05, 3.63) is 24.3 Å². The van der Waals surface area contributed by atoms with Crippen LogP contribution in [0.1, 0.15) is 0 Å². The van der Waals surface area contributed by atoms with Crippen molar-refractivity contribution in [2.24, 2.45) is 0 Å². The molecule has 1 aromatic rings. The summed E-state index contributed by atoms with van der Waals surface area (Å²) >= 11 is 1.64. The molecule has 0 aliphatic rings. The molecule has 0 saturated carbocycles. The van der Waals surface area contributed by atoms with E-state index in [-0.39, 0.29) is 0 Å². The van der Waals surface area contributed by atoms with Gasteiger partial charge in [-0.15, -0.1) is 0 Å². The normalized spacial score (nSPS) is 9.11. The van der Waals surface area contributed by atoms with Crippen LogP contribution in [0.25, 0.3) is 0 Å². The van der Waals surface area contributed by atoms with E-state index < -0.39 is 0 Å². The molecule has 0 heterocycles. The van der Waals surface area contributed by atoms with Gasteiger partial charge in [0.15, 0.2) is 0 Å². The van der Waals surface area contributed by atoms with Gasteiger partial charge < -0.3 is 0 Å². The first kappa shape index (κ1) is 7.02. The van der Waals surface area contributed by atoms with Gasteiger partial charge in [0.2, 0.25) is 0 Å². The number of methoxy groups -OCH3 is 1. The molecule has 0 aromatic heterocycles. The maximum absolute atomic E-state index is 5.06. The summed E-state index contributed by atoms with van der Waals surface area (Å²) in [5.41, 5.74) is 0. The first-order valence-electron chi connectivity index (χ1n) is 2.63. The van der Waals surface area contributed by atoms with E-state index in [0.29, 0.717) is 0 Å². The molecule has 0 N–H and O–H groups in total. The van der Waals surface area contributed by atoms with Crippen molar-refractivity contribution >= 4 is 3.27 Å². The number of rotatable bonds is 1. The van der Waals surface area contributed by atoms with Crippen LogP contribution >= 0.6 is 0 Å². The summed E-state index contributed by atoms with van der Waals surface area (Å²) in [4.78, 5) is 0. The Morgan fingerprint density at radius 1 is 1.33 bits per heavy atom. The van der Waals surface area contributed by atoms with Crippen molar-refractivity contribution in [1.29, 1.82) is 0 Å². The predicted molar refractivity (Wildman–Crippen MR) is 32.6 cm³/mol. The number of benzene rings is 1. The number of hydrogen-bond acceptors (Lipinski definition) is 1. The second-order valence-corrected chi connectivity index (χ2v) is 3.22. The topological polar surface area (TPSA) is 9.23 Å². The Bertz CT molecular complexity index is 198. The third kappa shape index (κ3) is 1.65. The molecule has 0 aliphatic carbocycles. The van der Waals surface area contributed by atoms with Crippen LogP contribution in [0.2, 0.25) is 0 Å². The van der Waals surface area contributed by atoms with Crippen molar-refractivity contribution in [2.45, 2.75) is 0 Å². The molecule has 0 bridgehead atoms. The molecule has 0 amide bonds. The Hall–Kier alpha value is -0.0969. The van der Waals surface area contributed by atoms with Crippen LogP contribution in [0.5, 0.6) is 5.75 Å². The summed E-state index contributed by atoms with van der Waals surface area (Å²) in [6.45, 7) is 0. The van der Waals surface area contributed by atoms with Gasteiger partial charge in [-0.3, -0.25) is 0 Å². The molecule has 9 heavy (non-hydrogen) atoms. The summed E-state index contributed by atoms with van der Waals surface area (Å²) in [5.74, 6) is 0.981. The predicted octanol–water partition coefficient (Wildman–Crippen LogP) is 0.870. The third-order valence-corrected chi connectivity index (χ3v) is 2.27.